The van der Waals surface area contributed by atoms with E-state index in [-0.39, 0.29) is 24.1 Å². The Morgan fingerprint density at radius 1 is 0.939 bits per heavy atom. The van der Waals surface area contributed by atoms with Gasteiger partial charge in [-0.15, -0.1) is 0 Å². The van der Waals surface area contributed by atoms with Gasteiger partial charge >= 0.3 is 0 Å². The minimum absolute atomic E-state index is 0.101. The molecule has 2 N–H and O–H groups in total. The van der Waals surface area contributed by atoms with Crippen LogP contribution in [0.25, 0.3) is 0 Å². The lowest BCUT2D eigenvalue weighted by molar-refractivity contribution is -0.122. The Kier molecular flexibility index (Phi) is 6.47. The molecule has 7 heteroatoms. The minimum atomic E-state index is -0.458. The summed E-state index contributed by atoms with van der Waals surface area (Å²) < 4.78 is 0. The van der Waals surface area contributed by atoms with Crippen LogP contribution in [-0.2, 0) is 9.59 Å². The zero-order valence-electron chi connectivity index (χ0n) is 18.4. The van der Waals surface area contributed by atoms with Gasteiger partial charge in [0.25, 0.3) is 5.91 Å². The predicted molar refractivity (Wildman–Crippen MR) is 131 cm³/mol. The van der Waals surface area contributed by atoms with Gasteiger partial charge in [0, 0.05) is 40.6 Å². The summed E-state index contributed by atoms with van der Waals surface area (Å²) in [5.74, 6) is -1.01. The number of carbonyl (C=O) groups excluding carboxylic acids is 3. The second-order valence-corrected chi connectivity index (χ2v) is 8.59. The monoisotopic (exact) mass is 461 g/mol. The van der Waals surface area contributed by atoms with E-state index in [1.807, 2.05) is 32.0 Å². The number of halogens is 1. The average Bonchev–Trinajstić information content (AvgIpc) is 3.19. The van der Waals surface area contributed by atoms with Gasteiger partial charge in [0.05, 0.1) is 5.92 Å². The van der Waals surface area contributed by atoms with Crippen LogP contribution in [0.2, 0.25) is 5.02 Å². The van der Waals surface area contributed by atoms with Crippen molar-refractivity contribution in [2.24, 2.45) is 5.92 Å². The number of hydrogen-bond donors (Lipinski definition) is 2. The number of hydrogen-bond acceptors (Lipinski definition) is 3. The van der Waals surface area contributed by atoms with Crippen molar-refractivity contribution in [1.29, 1.82) is 0 Å². The topological polar surface area (TPSA) is 78.5 Å². The number of aryl methyl sites for hydroxylation is 1. The normalized spacial score (nSPS) is 15.4. The number of nitrogens with zero attached hydrogens (tertiary/aromatic N) is 1. The maximum Gasteiger partial charge on any atom is 0.255 e. The van der Waals surface area contributed by atoms with Crippen LogP contribution in [0.5, 0.6) is 0 Å². The van der Waals surface area contributed by atoms with Gasteiger partial charge in [-0.05, 0) is 79.6 Å². The molecule has 0 aliphatic carbocycles. The van der Waals surface area contributed by atoms with Gasteiger partial charge in [0.2, 0.25) is 11.8 Å². The van der Waals surface area contributed by atoms with Crippen LogP contribution in [0, 0.1) is 19.8 Å². The molecule has 0 radical (unpaired) electrons. The third-order valence-corrected chi connectivity index (χ3v) is 6.15. The highest BCUT2D eigenvalue weighted by Gasteiger charge is 2.35. The molecule has 6 nitrogen and oxygen atoms in total. The zero-order chi connectivity index (χ0) is 23.5. The summed E-state index contributed by atoms with van der Waals surface area (Å²) in [6.07, 6.45) is 0.144. The molecule has 0 aromatic heterocycles. The lowest BCUT2D eigenvalue weighted by atomic mass is 10.1. The smallest absolute Gasteiger partial charge is 0.255 e. The zero-order valence-corrected chi connectivity index (χ0v) is 19.1. The maximum atomic E-state index is 12.7. The van der Waals surface area contributed by atoms with Gasteiger partial charge < -0.3 is 15.5 Å². The molecule has 0 spiro atoms. The van der Waals surface area contributed by atoms with Crippen LogP contribution < -0.4 is 15.5 Å². The van der Waals surface area contributed by atoms with Crippen molar-refractivity contribution in [3.05, 3.63) is 88.4 Å². The minimum Gasteiger partial charge on any atom is -0.326 e. The highest BCUT2D eigenvalue weighted by Crippen LogP contribution is 2.27. The standard InChI is InChI=1S/C26H24ClN3O3/c1-16-4-3-5-23(17(16)2)29-25(32)18-6-10-21(11-7-18)28-26(33)19-14-24(31)30(15-19)22-12-8-20(27)9-13-22/h3-13,19H,14-15H2,1-2H3,(H,28,33)(H,29,32). The largest absolute Gasteiger partial charge is 0.326 e. The van der Waals surface area contributed by atoms with Crippen LogP contribution in [0.1, 0.15) is 27.9 Å². The molecule has 1 unspecified atom stereocenters. The molecule has 168 valence electrons. The van der Waals surface area contributed by atoms with E-state index in [0.717, 1.165) is 22.5 Å². The summed E-state index contributed by atoms with van der Waals surface area (Å²) in [5.41, 5.74) is 4.67. The van der Waals surface area contributed by atoms with E-state index in [9.17, 15) is 14.4 Å². The fourth-order valence-corrected chi connectivity index (χ4v) is 3.91. The Balaban J connectivity index is 1.37. The van der Waals surface area contributed by atoms with Crippen LogP contribution in [-0.4, -0.2) is 24.3 Å². The maximum absolute atomic E-state index is 12.7. The molecule has 33 heavy (non-hydrogen) atoms. The molecule has 3 aromatic rings. The van der Waals surface area contributed by atoms with Crippen molar-refractivity contribution in [2.45, 2.75) is 20.3 Å². The highest BCUT2D eigenvalue weighted by molar-refractivity contribution is 6.30. The summed E-state index contributed by atoms with van der Waals surface area (Å²) in [6.45, 7) is 4.27. The van der Waals surface area contributed by atoms with Crippen LogP contribution in [0.3, 0.4) is 0 Å². The fourth-order valence-electron chi connectivity index (χ4n) is 3.78. The molecular formula is C26H24ClN3O3. The summed E-state index contributed by atoms with van der Waals surface area (Å²) in [5, 5.41) is 6.36. The van der Waals surface area contributed by atoms with Crippen LogP contribution in [0.15, 0.2) is 66.7 Å². The Hall–Kier alpha value is -3.64. The van der Waals surface area contributed by atoms with Gasteiger partial charge in [0.15, 0.2) is 0 Å². The van der Waals surface area contributed by atoms with E-state index in [1.165, 1.54) is 0 Å². The third-order valence-electron chi connectivity index (χ3n) is 5.90. The SMILES string of the molecule is Cc1cccc(NC(=O)c2ccc(NC(=O)C3CC(=O)N(c4ccc(Cl)cc4)C3)cc2)c1C. The van der Waals surface area contributed by atoms with E-state index in [0.29, 0.717) is 22.8 Å². The number of nitrogens with one attached hydrogen (secondary N) is 2. The Labute approximate surface area is 197 Å². The molecular weight excluding hydrogens is 438 g/mol. The predicted octanol–water partition coefficient (Wildman–Crippen LogP) is 5.20. The first kappa shape index (κ1) is 22.6. The highest BCUT2D eigenvalue weighted by atomic mass is 35.5. The quantitative estimate of drug-likeness (QED) is 0.548. The van der Waals surface area contributed by atoms with Gasteiger partial charge in [-0.25, -0.2) is 0 Å². The second-order valence-electron chi connectivity index (χ2n) is 8.15. The van der Waals surface area contributed by atoms with Crippen molar-refractivity contribution >= 4 is 46.4 Å². The summed E-state index contributed by atoms with van der Waals surface area (Å²) in [6, 6.07) is 19.4. The Morgan fingerprint density at radius 2 is 1.64 bits per heavy atom. The summed E-state index contributed by atoms with van der Waals surface area (Å²) >= 11 is 5.92. The third kappa shape index (κ3) is 5.07. The molecule has 4 rings (SSSR count). The number of benzene rings is 3. The molecule has 1 aliphatic rings. The van der Waals surface area contributed by atoms with Crippen molar-refractivity contribution < 1.29 is 14.4 Å². The molecule has 0 saturated carbocycles. The number of anilines is 3. The summed E-state index contributed by atoms with van der Waals surface area (Å²) in [7, 11) is 0. The van der Waals surface area contributed by atoms with Crippen molar-refractivity contribution in [1.82, 2.24) is 0 Å². The van der Waals surface area contributed by atoms with E-state index >= 15 is 0 Å². The van der Waals surface area contributed by atoms with Crippen molar-refractivity contribution in [3.8, 4) is 0 Å². The van der Waals surface area contributed by atoms with E-state index < -0.39 is 5.92 Å². The fraction of sp³-hybridized carbons (Fsp3) is 0.192. The second kappa shape index (κ2) is 9.46. The molecule has 1 atom stereocenters. The first-order valence-corrected chi connectivity index (χ1v) is 11.0. The molecule has 3 amide bonds. The molecule has 1 fully saturated rings. The summed E-state index contributed by atoms with van der Waals surface area (Å²) in [4.78, 5) is 39.3. The molecule has 1 aliphatic heterocycles. The van der Waals surface area contributed by atoms with Crippen LogP contribution >= 0.6 is 11.6 Å². The number of carbonyl (C=O) groups is 3. The van der Waals surface area contributed by atoms with Gasteiger partial charge in [-0.2, -0.15) is 0 Å². The molecule has 1 saturated heterocycles. The Morgan fingerprint density at radius 3 is 2.33 bits per heavy atom. The lowest BCUT2D eigenvalue weighted by Gasteiger charge is -2.17. The lowest BCUT2D eigenvalue weighted by Crippen LogP contribution is -2.28. The first-order valence-electron chi connectivity index (χ1n) is 10.7. The van der Waals surface area contributed by atoms with Crippen molar-refractivity contribution in [2.75, 3.05) is 22.1 Å². The van der Waals surface area contributed by atoms with Gasteiger partial charge in [0.1, 0.15) is 0 Å². The molecule has 0 bridgehead atoms. The van der Waals surface area contributed by atoms with Gasteiger partial charge in [-0.1, -0.05) is 23.7 Å². The first-order chi connectivity index (χ1) is 15.8. The van der Waals surface area contributed by atoms with Crippen molar-refractivity contribution in [3.63, 3.8) is 0 Å². The van der Waals surface area contributed by atoms with E-state index in [2.05, 4.69) is 10.6 Å². The van der Waals surface area contributed by atoms with Crippen LogP contribution in [0.4, 0.5) is 17.1 Å². The number of amides is 3. The Bertz CT molecular complexity index is 1210. The van der Waals surface area contributed by atoms with E-state index in [1.54, 1.807) is 53.4 Å². The average molecular weight is 462 g/mol. The molecule has 1 heterocycles. The molecule has 3 aromatic carbocycles. The van der Waals surface area contributed by atoms with Gasteiger partial charge in [-0.3, -0.25) is 14.4 Å². The number of rotatable bonds is 5. The van der Waals surface area contributed by atoms with E-state index in [4.69, 9.17) is 11.6 Å².